The summed E-state index contributed by atoms with van der Waals surface area (Å²) in [7, 11) is 0. The molecule has 0 fully saturated rings. The molecule has 2 nitrogen and oxygen atoms in total. The first kappa shape index (κ1) is 39.0. The van der Waals surface area contributed by atoms with E-state index in [1.165, 1.54) is 132 Å². The Morgan fingerprint density at radius 2 is 0.642 bits per heavy atom. The van der Waals surface area contributed by atoms with Gasteiger partial charge >= 0.3 is 0 Å². The van der Waals surface area contributed by atoms with E-state index < -0.39 is 0 Å². The number of nitrogens with zero attached hydrogens (tertiary/aromatic N) is 2. The maximum absolute atomic E-state index is 2.48. The van der Waals surface area contributed by atoms with Crippen molar-refractivity contribution in [3.63, 3.8) is 0 Å². The van der Waals surface area contributed by atoms with Crippen molar-refractivity contribution >= 4 is 65.2 Å². The summed E-state index contributed by atoms with van der Waals surface area (Å²) in [5.41, 5.74) is 20.9. The topological polar surface area (TPSA) is 9.86 Å². The summed E-state index contributed by atoms with van der Waals surface area (Å²) in [6.07, 6.45) is 0. The highest BCUT2D eigenvalue weighted by Gasteiger charge is 2.20. The van der Waals surface area contributed by atoms with Crippen molar-refractivity contribution in [3.8, 4) is 55.9 Å². The van der Waals surface area contributed by atoms with Crippen LogP contribution in [0.1, 0.15) is 16.7 Å². The maximum Gasteiger partial charge on any atom is 0.0547 e. The predicted octanol–water partition coefficient (Wildman–Crippen LogP) is 17.8. The molecule has 13 aromatic rings. The van der Waals surface area contributed by atoms with Crippen molar-refractivity contribution in [2.45, 2.75) is 20.8 Å². The second kappa shape index (κ2) is 15.3. The summed E-state index contributed by atoms with van der Waals surface area (Å²) in [6, 6.07) is 83.2. The number of benzene rings is 11. The molecule has 0 atom stereocenters. The summed E-state index contributed by atoms with van der Waals surface area (Å²) in [5.74, 6) is 0. The van der Waals surface area contributed by atoms with Crippen LogP contribution >= 0.6 is 0 Å². The van der Waals surface area contributed by atoms with Crippen LogP contribution in [0.3, 0.4) is 0 Å². The third kappa shape index (κ3) is 6.18. The highest BCUT2D eigenvalue weighted by atomic mass is 15.0. The van der Waals surface area contributed by atoms with Crippen molar-refractivity contribution in [1.29, 1.82) is 0 Å². The SMILES string of the molecule is Cc1cc(C)c(-c2ccc3c(c2)c2ccc(-c4ccc5c(c4)c4ccccc4n5-c4ccccc4)cc2n3-c2ccc(-c3c4ccccc4c(-c4ccccc4)c4ccccc34)cc2)c(C)c1. The molecular weight excluding hydrogens is 809 g/mol. The summed E-state index contributed by atoms with van der Waals surface area (Å²) >= 11 is 0. The van der Waals surface area contributed by atoms with Gasteiger partial charge in [-0.1, -0.05) is 169 Å². The minimum absolute atomic E-state index is 1.13. The zero-order chi connectivity index (χ0) is 44.8. The minimum atomic E-state index is 1.13. The molecule has 2 heterocycles. The summed E-state index contributed by atoms with van der Waals surface area (Å²) in [6.45, 7) is 6.67. The lowest BCUT2D eigenvalue weighted by atomic mass is 9.86. The summed E-state index contributed by atoms with van der Waals surface area (Å²) < 4.78 is 4.86. The third-order valence-corrected chi connectivity index (χ3v) is 14.2. The van der Waals surface area contributed by atoms with E-state index in [9.17, 15) is 0 Å². The van der Waals surface area contributed by atoms with Crippen LogP contribution in [0.15, 0.2) is 224 Å². The molecule has 2 heteroatoms. The number of aromatic nitrogens is 2. The number of aryl methyl sites for hydroxylation is 3. The molecule has 13 rings (SSSR count). The molecule has 0 N–H and O–H groups in total. The molecule has 316 valence electrons. The summed E-state index contributed by atoms with van der Waals surface area (Å²) in [5, 5.41) is 10.0. The van der Waals surface area contributed by atoms with E-state index in [1.807, 2.05) is 0 Å². The third-order valence-electron chi connectivity index (χ3n) is 14.2. The molecule has 2 aromatic heterocycles. The van der Waals surface area contributed by atoms with Crippen molar-refractivity contribution in [2.24, 2.45) is 0 Å². The van der Waals surface area contributed by atoms with Crippen molar-refractivity contribution in [3.05, 3.63) is 241 Å². The molecule has 0 saturated heterocycles. The molecule has 0 bridgehead atoms. The van der Waals surface area contributed by atoms with E-state index >= 15 is 0 Å². The zero-order valence-electron chi connectivity index (χ0n) is 37.8. The van der Waals surface area contributed by atoms with E-state index in [2.05, 4.69) is 254 Å². The van der Waals surface area contributed by atoms with Crippen molar-refractivity contribution < 1.29 is 0 Å². The molecule has 67 heavy (non-hydrogen) atoms. The molecular formula is C65H46N2. The molecule has 0 aliphatic heterocycles. The van der Waals surface area contributed by atoms with Gasteiger partial charge in [0.05, 0.1) is 22.1 Å². The van der Waals surface area contributed by atoms with Crippen LogP contribution in [0.25, 0.3) is 121 Å². The molecule has 0 unspecified atom stereocenters. The first-order valence-corrected chi connectivity index (χ1v) is 23.3. The van der Waals surface area contributed by atoms with Gasteiger partial charge in [0.1, 0.15) is 0 Å². The quantitative estimate of drug-likeness (QED) is 0.148. The molecule has 0 spiro atoms. The normalized spacial score (nSPS) is 11.8. The second-order valence-corrected chi connectivity index (χ2v) is 18.2. The average molecular weight is 855 g/mol. The fourth-order valence-electron chi connectivity index (χ4n) is 11.4. The Hall–Kier alpha value is -8.46. The van der Waals surface area contributed by atoms with E-state index in [1.54, 1.807) is 0 Å². The Kier molecular flexibility index (Phi) is 8.91. The van der Waals surface area contributed by atoms with E-state index in [0.717, 1.165) is 5.69 Å². The van der Waals surface area contributed by atoms with Crippen LogP contribution < -0.4 is 0 Å². The van der Waals surface area contributed by atoms with Crippen LogP contribution in [-0.4, -0.2) is 9.13 Å². The van der Waals surface area contributed by atoms with Gasteiger partial charge in [-0.15, -0.1) is 0 Å². The Labute approximate surface area is 390 Å². The number of para-hydroxylation sites is 2. The first-order valence-electron chi connectivity index (χ1n) is 23.3. The largest absolute Gasteiger partial charge is 0.309 e. The molecule has 0 aliphatic rings. The standard InChI is InChI=1S/C65H46N2/c1-41-36-42(2)63(43(3)37-41)48-30-35-61-58(39-48)52-33-28-47(46-29-34-60-57(38-46)51-20-14-15-25-59(51)66(60)49-18-8-5-9-19-49)40-62(52)67(61)50-31-26-45(27-32-50)65-55-23-12-10-21-53(55)64(44-16-6-4-7-17-44)54-22-11-13-24-56(54)65/h4-40H,1-3H3. The lowest BCUT2D eigenvalue weighted by Crippen LogP contribution is -1.95. The second-order valence-electron chi connectivity index (χ2n) is 18.2. The molecule has 0 saturated carbocycles. The monoisotopic (exact) mass is 854 g/mol. The highest BCUT2D eigenvalue weighted by molar-refractivity contribution is 6.21. The molecule has 0 amide bonds. The lowest BCUT2D eigenvalue weighted by Gasteiger charge is -2.18. The fraction of sp³-hybridized carbons (Fsp3) is 0.0462. The van der Waals surface area contributed by atoms with Crippen LogP contribution in [-0.2, 0) is 0 Å². The van der Waals surface area contributed by atoms with Crippen LogP contribution in [0, 0.1) is 20.8 Å². The smallest absolute Gasteiger partial charge is 0.0547 e. The number of fused-ring (bicyclic) bond motifs is 8. The van der Waals surface area contributed by atoms with Gasteiger partial charge in [-0.25, -0.2) is 0 Å². The first-order chi connectivity index (χ1) is 33.0. The fourth-order valence-corrected chi connectivity index (χ4v) is 11.4. The van der Waals surface area contributed by atoms with Gasteiger partial charge in [-0.05, 0) is 159 Å². The van der Waals surface area contributed by atoms with E-state index in [-0.39, 0.29) is 0 Å². The van der Waals surface area contributed by atoms with Crippen LogP contribution in [0.4, 0.5) is 0 Å². The van der Waals surface area contributed by atoms with Gasteiger partial charge in [0.2, 0.25) is 0 Å². The van der Waals surface area contributed by atoms with Gasteiger partial charge in [0.25, 0.3) is 0 Å². The Bertz CT molecular complexity index is 4010. The van der Waals surface area contributed by atoms with E-state index in [0.29, 0.717) is 0 Å². The molecule has 0 aliphatic carbocycles. The van der Waals surface area contributed by atoms with Gasteiger partial charge in [-0.3, -0.25) is 0 Å². The zero-order valence-corrected chi connectivity index (χ0v) is 37.8. The Morgan fingerprint density at radius 1 is 0.239 bits per heavy atom. The van der Waals surface area contributed by atoms with Gasteiger partial charge < -0.3 is 9.13 Å². The molecule has 0 radical (unpaired) electrons. The number of hydrogen-bond acceptors (Lipinski definition) is 0. The van der Waals surface area contributed by atoms with Gasteiger partial charge in [0.15, 0.2) is 0 Å². The van der Waals surface area contributed by atoms with E-state index in [4.69, 9.17) is 0 Å². The lowest BCUT2D eigenvalue weighted by molar-refractivity contribution is 1.18. The highest BCUT2D eigenvalue weighted by Crippen LogP contribution is 2.45. The average Bonchev–Trinajstić information content (AvgIpc) is 3.87. The number of rotatable bonds is 6. The predicted molar refractivity (Wildman–Crippen MR) is 286 cm³/mol. The van der Waals surface area contributed by atoms with Crippen molar-refractivity contribution in [1.82, 2.24) is 9.13 Å². The van der Waals surface area contributed by atoms with Gasteiger partial charge in [0, 0.05) is 32.9 Å². The summed E-state index contributed by atoms with van der Waals surface area (Å²) in [4.78, 5) is 0. The Morgan fingerprint density at radius 3 is 1.25 bits per heavy atom. The van der Waals surface area contributed by atoms with Crippen LogP contribution in [0.5, 0.6) is 0 Å². The number of hydrogen-bond donors (Lipinski definition) is 0. The van der Waals surface area contributed by atoms with Crippen molar-refractivity contribution in [2.75, 3.05) is 0 Å². The minimum Gasteiger partial charge on any atom is -0.309 e. The Balaban J connectivity index is 1.01. The maximum atomic E-state index is 2.48. The van der Waals surface area contributed by atoms with Gasteiger partial charge in [-0.2, -0.15) is 0 Å². The van der Waals surface area contributed by atoms with Crippen LogP contribution in [0.2, 0.25) is 0 Å². The molecule has 11 aromatic carbocycles.